The minimum Gasteiger partial charge on any atom is -0.478 e. The highest BCUT2D eigenvalue weighted by Crippen LogP contribution is 2.18. The number of amides is 2. The summed E-state index contributed by atoms with van der Waals surface area (Å²) in [4.78, 5) is 47.0. The SMILES string of the molecule is O=C(Nc1cccc(C(=O)O)c1)/C(=C/c1cccc([N+](=O)[O-])c1)NC(=O)c1ccc(Br)o1. The molecule has 3 aromatic rings. The Kier molecular flexibility index (Phi) is 6.80. The molecule has 0 unspecified atom stereocenters. The molecule has 0 aliphatic carbocycles. The first-order valence-corrected chi connectivity index (χ1v) is 9.70. The summed E-state index contributed by atoms with van der Waals surface area (Å²) in [5.74, 6) is -2.77. The Morgan fingerprint density at radius 3 is 2.47 bits per heavy atom. The zero-order valence-corrected chi connectivity index (χ0v) is 17.7. The van der Waals surface area contributed by atoms with Crippen LogP contribution in [0.1, 0.15) is 26.5 Å². The van der Waals surface area contributed by atoms with Gasteiger partial charge in [0.1, 0.15) is 5.70 Å². The van der Waals surface area contributed by atoms with Crippen LogP contribution in [-0.2, 0) is 4.79 Å². The van der Waals surface area contributed by atoms with Gasteiger partial charge < -0.3 is 20.2 Å². The molecule has 2 aromatic carbocycles. The molecule has 0 saturated heterocycles. The standard InChI is InChI=1S/C21H14BrN3O7/c22-18-8-7-17(32-18)20(27)24-16(10-12-3-1-6-15(9-12)25(30)31)19(26)23-14-5-2-4-13(11-14)21(28)29/h1-11H,(H,23,26)(H,24,27)(H,28,29)/b16-10-. The summed E-state index contributed by atoms with van der Waals surface area (Å²) in [6.07, 6.45) is 1.25. The molecule has 1 heterocycles. The number of nitro benzene ring substituents is 1. The summed E-state index contributed by atoms with van der Waals surface area (Å²) in [6.45, 7) is 0. The quantitative estimate of drug-likeness (QED) is 0.251. The van der Waals surface area contributed by atoms with Gasteiger partial charge in [0.2, 0.25) is 0 Å². The molecule has 11 heteroatoms. The molecule has 0 spiro atoms. The topological polar surface area (TPSA) is 152 Å². The molecule has 0 aliphatic heterocycles. The Labute approximate surface area is 188 Å². The number of hydrogen-bond donors (Lipinski definition) is 3. The molecule has 0 fully saturated rings. The van der Waals surface area contributed by atoms with Gasteiger partial charge in [0.05, 0.1) is 10.5 Å². The Balaban J connectivity index is 1.93. The van der Waals surface area contributed by atoms with Gasteiger partial charge in [-0.3, -0.25) is 19.7 Å². The van der Waals surface area contributed by atoms with Gasteiger partial charge in [-0.2, -0.15) is 0 Å². The average Bonchev–Trinajstić information content (AvgIpc) is 3.20. The largest absolute Gasteiger partial charge is 0.478 e. The molecule has 162 valence electrons. The normalized spacial score (nSPS) is 11.0. The van der Waals surface area contributed by atoms with Gasteiger partial charge in [-0.15, -0.1) is 0 Å². The van der Waals surface area contributed by atoms with E-state index in [1.807, 2.05) is 0 Å². The molecule has 1 aromatic heterocycles. The van der Waals surface area contributed by atoms with Crippen LogP contribution in [-0.4, -0.2) is 27.8 Å². The predicted molar refractivity (Wildman–Crippen MR) is 117 cm³/mol. The highest BCUT2D eigenvalue weighted by molar-refractivity contribution is 9.10. The number of aromatic carboxylic acids is 1. The fourth-order valence-corrected chi connectivity index (χ4v) is 2.91. The van der Waals surface area contributed by atoms with Crippen molar-refractivity contribution in [2.45, 2.75) is 0 Å². The summed E-state index contributed by atoms with van der Waals surface area (Å²) >= 11 is 3.08. The lowest BCUT2D eigenvalue weighted by molar-refractivity contribution is -0.384. The summed E-state index contributed by atoms with van der Waals surface area (Å²) in [7, 11) is 0. The number of halogens is 1. The van der Waals surface area contributed by atoms with Crippen molar-refractivity contribution >= 4 is 51.2 Å². The van der Waals surface area contributed by atoms with Gasteiger partial charge in [-0.05, 0) is 57.9 Å². The Hall–Kier alpha value is -4.25. The van der Waals surface area contributed by atoms with E-state index in [1.165, 1.54) is 66.7 Å². The summed E-state index contributed by atoms with van der Waals surface area (Å²) in [6, 6.07) is 13.9. The van der Waals surface area contributed by atoms with Crippen molar-refractivity contribution in [2.24, 2.45) is 0 Å². The van der Waals surface area contributed by atoms with Crippen LogP contribution in [0.5, 0.6) is 0 Å². The van der Waals surface area contributed by atoms with E-state index in [9.17, 15) is 24.5 Å². The Bertz CT molecular complexity index is 1250. The van der Waals surface area contributed by atoms with Crippen LogP contribution in [0.15, 0.2) is 75.4 Å². The number of hydrogen-bond acceptors (Lipinski definition) is 6. The van der Waals surface area contributed by atoms with Crippen molar-refractivity contribution in [1.82, 2.24) is 5.32 Å². The first-order chi connectivity index (χ1) is 15.2. The van der Waals surface area contributed by atoms with E-state index in [2.05, 4.69) is 26.6 Å². The molecule has 0 bridgehead atoms. The second-order valence-electron chi connectivity index (χ2n) is 6.31. The monoisotopic (exact) mass is 499 g/mol. The third-order valence-corrected chi connectivity index (χ3v) is 4.48. The maximum atomic E-state index is 12.9. The summed E-state index contributed by atoms with van der Waals surface area (Å²) < 4.78 is 5.49. The highest BCUT2D eigenvalue weighted by atomic mass is 79.9. The number of nitrogens with zero attached hydrogens (tertiary/aromatic N) is 1. The van der Waals surface area contributed by atoms with Crippen LogP contribution < -0.4 is 10.6 Å². The van der Waals surface area contributed by atoms with Crippen LogP contribution >= 0.6 is 15.9 Å². The van der Waals surface area contributed by atoms with Crippen molar-refractivity contribution in [3.05, 3.63) is 98.0 Å². The van der Waals surface area contributed by atoms with Crippen LogP contribution in [0, 0.1) is 10.1 Å². The number of carbonyl (C=O) groups excluding carboxylic acids is 2. The second-order valence-corrected chi connectivity index (χ2v) is 7.09. The third kappa shape index (κ3) is 5.67. The molecule has 3 N–H and O–H groups in total. The molecule has 2 amide bonds. The van der Waals surface area contributed by atoms with Gasteiger partial charge in [0.25, 0.3) is 17.5 Å². The fourth-order valence-electron chi connectivity index (χ4n) is 2.60. The number of carboxylic acids is 1. The van der Waals surface area contributed by atoms with Gasteiger partial charge in [0.15, 0.2) is 10.4 Å². The van der Waals surface area contributed by atoms with E-state index in [0.717, 1.165) is 0 Å². The van der Waals surface area contributed by atoms with E-state index in [4.69, 9.17) is 9.52 Å². The molecule has 0 atom stereocenters. The maximum absolute atomic E-state index is 12.9. The number of rotatable bonds is 7. The number of anilines is 1. The molecule has 10 nitrogen and oxygen atoms in total. The molecular weight excluding hydrogens is 486 g/mol. The predicted octanol–water partition coefficient (Wildman–Crippen LogP) is 4.06. The lowest BCUT2D eigenvalue weighted by Crippen LogP contribution is -2.30. The van der Waals surface area contributed by atoms with Crippen molar-refractivity contribution in [1.29, 1.82) is 0 Å². The molecule has 32 heavy (non-hydrogen) atoms. The number of furan rings is 1. The molecular formula is C21H14BrN3O7. The van der Waals surface area contributed by atoms with Crippen molar-refractivity contribution in [3.63, 3.8) is 0 Å². The number of carboxylic acid groups (broad SMARTS) is 1. The number of carbonyl (C=O) groups is 3. The van der Waals surface area contributed by atoms with E-state index in [1.54, 1.807) is 0 Å². The highest BCUT2D eigenvalue weighted by Gasteiger charge is 2.18. The fraction of sp³-hybridized carbons (Fsp3) is 0. The number of nitro groups is 1. The summed E-state index contributed by atoms with van der Waals surface area (Å²) in [5.41, 5.74) is -0.0337. The lowest BCUT2D eigenvalue weighted by Gasteiger charge is -2.11. The van der Waals surface area contributed by atoms with E-state index in [0.29, 0.717) is 4.67 Å². The Morgan fingerprint density at radius 1 is 1.06 bits per heavy atom. The molecule has 3 rings (SSSR count). The Morgan fingerprint density at radius 2 is 1.81 bits per heavy atom. The zero-order chi connectivity index (χ0) is 23.3. The van der Waals surface area contributed by atoms with E-state index in [-0.39, 0.29) is 34.0 Å². The van der Waals surface area contributed by atoms with Crippen LogP contribution in [0.4, 0.5) is 11.4 Å². The number of benzene rings is 2. The van der Waals surface area contributed by atoms with Crippen molar-refractivity contribution in [3.8, 4) is 0 Å². The maximum Gasteiger partial charge on any atom is 0.335 e. The van der Waals surface area contributed by atoms with Crippen molar-refractivity contribution in [2.75, 3.05) is 5.32 Å². The molecule has 0 saturated carbocycles. The molecule has 0 aliphatic rings. The van der Waals surface area contributed by atoms with Gasteiger partial charge in [-0.25, -0.2) is 4.79 Å². The average molecular weight is 500 g/mol. The van der Waals surface area contributed by atoms with Crippen molar-refractivity contribution < 1.29 is 28.8 Å². The zero-order valence-electron chi connectivity index (χ0n) is 16.1. The van der Waals surface area contributed by atoms with E-state index < -0.39 is 22.7 Å². The van der Waals surface area contributed by atoms with Crippen LogP contribution in [0.2, 0.25) is 0 Å². The summed E-state index contributed by atoms with van der Waals surface area (Å²) in [5, 5.41) is 25.1. The van der Waals surface area contributed by atoms with Crippen LogP contribution in [0.3, 0.4) is 0 Å². The molecule has 0 radical (unpaired) electrons. The van der Waals surface area contributed by atoms with Gasteiger partial charge in [0, 0.05) is 17.8 Å². The minimum absolute atomic E-state index is 0.0449. The van der Waals surface area contributed by atoms with E-state index >= 15 is 0 Å². The first-order valence-electron chi connectivity index (χ1n) is 8.90. The second kappa shape index (κ2) is 9.71. The number of non-ortho nitro benzene ring substituents is 1. The van der Waals surface area contributed by atoms with Gasteiger partial charge >= 0.3 is 5.97 Å². The van der Waals surface area contributed by atoms with Crippen LogP contribution in [0.25, 0.3) is 6.08 Å². The lowest BCUT2D eigenvalue weighted by atomic mass is 10.1. The first kappa shape index (κ1) is 22.4. The van der Waals surface area contributed by atoms with Gasteiger partial charge in [-0.1, -0.05) is 18.2 Å². The number of nitrogens with one attached hydrogen (secondary N) is 2. The third-order valence-electron chi connectivity index (χ3n) is 4.05. The minimum atomic E-state index is -1.18. The smallest absolute Gasteiger partial charge is 0.335 e.